The standard InChI is InChI=1S/C12H18N2O2/c1-12(2,8-13)14(3)11(16)9-4-6-10(15)7-5-9/h4-7,15H,8,13H2,1-3H3. The molecule has 0 saturated carbocycles. The molecule has 88 valence electrons. The van der Waals surface area contributed by atoms with E-state index in [1.807, 2.05) is 13.8 Å². The number of likely N-dealkylation sites (N-methyl/N-ethyl adjacent to an activating group) is 1. The molecule has 0 aliphatic carbocycles. The fraction of sp³-hybridized carbons (Fsp3) is 0.417. The van der Waals surface area contributed by atoms with Crippen LogP contribution in [0.15, 0.2) is 24.3 Å². The summed E-state index contributed by atoms with van der Waals surface area (Å²) in [6.07, 6.45) is 0. The molecule has 0 fully saturated rings. The SMILES string of the molecule is CN(C(=O)c1ccc(O)cc1)C(C)(C)CN. The van der Waals surface area contributed by atoms with Crippen molar-refractivity contribution >= 4 is 5.91 Å². The molecule has 4 heteroatoms. The zero-order valence-corrected chi connectivity index (χ0v) is 9.90. The molecule has 0 spiro atoms. The summed E-state index contributed by atoms with van der Waals surface area (Å²) < 4.78 is 0. The number of benzene rings is 1. The minimum atomic E-state index is -0.380. The molecule has 0 bridgehead atoms. The van der Waals surface area contributed by atoms with Crippen molar-refractivity contribution in [2.45, 2.75) is 19.4 Å². The average Bonchev–Trinajstić information content (AvgIpc) is 2.28. The van der Waals surface area contributed by atoms with E-state index in [0.29, 0.717) is 12.1 Å². The zero-order chi connectivity index (χ0) is 12.3. The Labute approximate surface area is 95.7 Å². The number of phenolic OH excluding ortho intramolecular Hbond substituents is 1. The van der Waals surface area contributed by atoms with Crippen LogP contribution in [0.3, 0.4) is 0 Å². The first-order valence-electron chi connectivity index (χ1n) is 5.16. The maximum atomic E-state index is 12.1. The van der Waals surface area contributed by atoms with Crippen LogP contribution in [-0.2, 0) is 0 Å². The van der Waals surface area contributed by atoms with Crippen molar-refractivity contribution in [3.63, 3.8) is 0 Å². The van der Waals surface area contributed by atoms with Crippen LogP contribution >= 0.6 is 0 Å². The highest BCUT2D eigenvalue weighted by atomic mass is 16.3. The number of amides is 1. The number of carbonyl (C=O) groups excluding carboxylic acids is 1. The third-order valence-electron chi connectivity index (χ3n) is 2.83. The molecule has 0 aliphatic rings. The first-order chi connectivity index (χ1) is 7.38. The van der Waals surface area contributed by atoms with Crippen molar-refractivity contribution in [3.8, 4) is 5.75 Å². The highest BCUT2D eigenvalue weighted by Crippen LogP contribution is 2.16. The molecule has 0 radical (unpaired) electrons. The highest BCUT2D eigenvalue weighted by molar-refractivity contribution is 5.94. The maximum absolute atomic E-state index is 12.1. The van der Waals surface area contributed by atoms with Crippen molar-refractivity contribution < 1.29 is 9.90 Å². The summed E-state index contributed by atoms with van der Waals surface area (Å²) in [5.41, 5.74) is 5.78. The van der Waals surface area contributed by atoms with Crippen LogP contribution in [0.2, 0.25) is 0 Å². The first-order valence-corrected chi connectivity index (χ1v) is 5.16. The molecule has 3 N–H and O–H groups in total. The van der Waals surface area contributed by atoms with Gasteiger partial charge in [-0.25, -0.2) is 0 Å². The van der Waals surface area contributed by atoms with Gasteiger partial charge in [-0.2, -0.15) is 0 Å². The van der Waals surface area contributed by atoms with Crippen LogP contribution < -0.4 is 5.73 Å². The molecule has 1 aromatic carbocycles. The maximum Gasteiger partial charge on any atom is 0.254 e. The fourth-order valence-corrected chi connectivity index (χ4v) is 1.21. The molecule has 0 saturated heterocycles. The number of hydrogen-bond donors (Lipinski definition) is 2. The molecule has 0 unspecified atom stereocenters. The Balaban J connectivity index is 2.90. The number of nitrogens with zero attached hydrogens (tertiary/aromatic N) is 1. The Kier molecular flexibility index (Phi) is 3.55. The number of rotatable bonds is 3. The van der Waals surface area contributed by atoms with Crippen LogP contribution in [0.5, 0.6) is 5.75 Å². The average molecular weight is 222 g/mol. The number of phenols is 1. The second-order valence-electron chi connectivity index (χ2n) is 4.43. The molecule has 1 amide bonds. The highest BCUT2D eigenvalue weighted by Gasteiger charge is 2.26. The number of aromatic hydroxyl groups is 1. The van der Waals surface area contributed by atoms with Crippen LogP contribution in [0.1, 0.15) is 24.2 Å². The molecule has 16 heavy (non-hydrogen) atoms. The lowest BCUT2D eigenvalue weighted by molar-refractivity contribution is 0.0640. The minimum absolute atomic E-state index is 0.101. The third kappa shape index (κ3) is 2.52. The van der Waals surface area contributed by atoms with Gasteiger partial charge in [0, 0.05) is 24.7 Å². The van der Waals surface area contributed by atoms with E-state index >= 15 is 0 Å². The second kappa shape index (κ2) is 4.53. The molecule has 0 aromatic heterocycles. The summed E-state index contributed by atoms with van der Waals surface area (Å²) in [6.45, 7) is 4.21. The molecular formula is C12H18N2O2. The quantitative estimate of drug-likeness (QED) is 0.807. The molecule has 1 rings (SSSR count). The first kappa shape index (κ1) is 12.5. The van der Waals surface area contributed by atoms with E-state index in [1.165, 1.54) is 12.1 Å². The van der Waals surface area contributed by atoms with E-state index in [-0.39, 0.29) is 17.2 Å². The van der Waals surface area contributed by atoms with Gasteiger partial charge in [0.2, 0.25) is 0 Å². The predicted octanol–water partition coefficient (Wildman–Crippen LogP) is 1.20. The molecular weight excluding hydrogens is 204 g/mol. The van der Waals surface area contributed by atoms with Crippen molar-refractivity contribution in [2.24, 2.45) is 5.73 Å². The summed E-state index contributed by atoms with van der Waals surface area (Å²) in [5.74, 6) is 0.0488. The Hall–Kier alpha value is -1.55. The van der Waals surface area contributed by atoms with E-state index < -0.39 is 0 Å². The van der Waals surface area contributed by atoms with Crippen molar-refractivity contribution in [1.82, 2.24) is 4.90 Å². The van der Waals surface area contributed by atoms with Gasteiger partial charge in [0.1, 0.15) is 5.75 Å². The van der Waals surface area contributed by atoms with Crippen molar-refractivity contribution in [1.29, 1.82) is 0 Å². The van der Waals surface area contributed by atoms with Crippen molar-refractivity contribution in [2.75, 3.05) is 13.6 Å². The normalized spacial score (nSPS) is 11.2. The molecule has 0 heterocycles. The number of nitrogens with two attached hydrogens (primary N) is 1. The van der Waals surface area contributed by atoms with Crippen LogP contribution in [-0.4, -0.2) is 35.0 Å². The Bertz CT molecular complexity index is 371. The zero-order valence-electron chi connectivity index (χ0n) is 9.90. The van der Waals surface area contributed by atoms with Gasteiger partial charge in [0.25, 0.3) is 5.91 Å². The van der Waals surface area contributed by atoms with Gasteiger partial charge in [-0.15, -0.1) is 0 Å². The van der Waals surface area contributed by atoms with Gasteiger partial charge < -0.3 is 15.7 Å². The number of hydrogen-bond acceptors (Lipinski definition) is 3. The molecule has 0 atom stereocenters. The second-order valence-corrected chi connectivity index (χ2v) is 4.43. The van der Waals surface area contributed by atoms with Gasteiger partial charge >= 0.3 is 0 Å². The lowest BCUT2D eigenvalue weighted by Gasteiger charge is -2.34. The van der Waals surface area contributed by atoms with E-state index in [4.69, 9.17) is 10.8 Å². The summed E-state index contributed by atoms with van der Waals surface area (Å²) in [4.78, 5) is 13.7. The van der Waals surface area contributed by atoms with Crippen molar-refractivity contribution in [3.05, 3.63) is 29.8 Å². The van der Waals surface area contributed by atoms with Gasteiger partial charge in [0.05, 0.1) is 0 Å². The summed E-state index contributed by atoms with van der Waals surface area (Å²) in [7, 11) is 1.72. The predicted molar refractivity (Wildman–Crippen MR) is 63.3 cm³/mol. The van der Waals surface area contributed by atoms with E-state index in [0.717, 1.165) is 0 Å². The van der Waals surface area contributed by atoms with E-state index in [2.05, 4.69) is 0 Å². The summed E-state index contributed by atoms with van der Waals surface area (Å²) >= 11 is 0. The monoisotopic (exact) mass is 222 g/mol. The minimum Gasteiger partial charge on any atom is -0.508 e. The summed E-state index contributed by atoms with van der Waals surface area (Å²) in [5, 5.41) is 9.14. The smallest absolute Gasteiger partial charge is 0.254 e. The summed E-state index contributed by atoms with van der Waals surface area (Å²) in [6, 6.07) is 6.19. The fourth-order valence-electron chi connectivity index (χ4n) is 1.21. The molecule has 0 aliphatic heterocycles. The van der Waals surface area contributed by atoms with Gasteiger partial charge in [-0.05, 0) is 38.1 Å². The molecule has 4 nitrogen and oxygen atoms in total. The number of carbonyl (C=O) groups is 1. The third-order valence-corrected chi connectivity index (χ3v) is 2.83. The van der Waals surface area contributed by atoms with Gasteiger partial charge in [0.15, 0.2) is 0 Å². The Morgan fingerprint density at radius 1 is 1.38 bits per heavy atom. The topological polar surface area (TPSA) is 66.6 Å². The Morgan fingerprint density at radius 2 is 1.88 bits per heavy atom. The van der Waals surface area contributed by atoms with Crippen LogP contribution in [0.4, 0.5) is 0 Å². The molecule has 1 aromatic rings. The van der Waals surface area contributed by atoms with Gasteiger partial charge in [-0.1, -0.05) is 0 Å². The van der Waals surface area contributed by atoms with Gasteiger partial charge in [-0.3, -0.25) is 4.79 Å². The van der Waals surface area contributed by atoms with Crippen LogP contribution in [0, 0.1) is 0 Å². The van der Waals surface area contributed by atoms with Crippen LogP contribution in [0.25, 0.3) is 0 Å². The lowest BCUT2D eigenvalue weighted by Crippen LogP contribution is -2.50. The van der Waals surface area contributed by atoms with E-state index in [9.17, 15) is 4.79 Å². The largest absolute Gasteiger partial charge is 0.508 e. The Morgan fingerprint density at radius 3 is 2.31 bits per heavy atom. The van der Waals surface area contributed by atoms with E-state index in [1.54, 1.807) is 24.1 Å². The lowest BCUT2D eigenvalue weighted by atomic mass is 10.0.